The summed E-state index contributed by atoms with van der Waals surface area (Å²) in [5.41, 5.74) is 3.51. The van der Waals surface area contributed by atoms with Crippen LogP contribution >= 0.6 is 0 Å². The molecule has 0 saturated heterocycles. The van der Waals surface area contributed by atoms with E-state index in [-0.39, 0.29) is 24.5 Å². The number of hydrogen-bond acceptors (Lipinski definition) is 6. The monoisotopic (exact) mass is 381 g/mol. The third-order valence-electron chi connectivity index (χ3n) is 5.55. The smallest absolute Gasteiger partial charge is 0.308 e. The van der Waals surface area contributed by atoms with Gasteiger partial charge < -0.3 is 23.8 Å². The molecular weight excluding hydrogens is 362 g/mol. The molecule has 3 aliphatic heterocycles. The lowest BCUT2D eigenvalue weighted by Gasteiger charge is -2.41. The molecule has 0 saturated carbocycles. The predicted octanol–water partition coefficient (Wildman–Crippen LogP) is 2.64. The molecule has 3 aliphatic rings. The summed E-state index contributed by atoms with van der Waals surface area (Å²) in [6.07, 6.45) is 1.36. The van der Waals surface area contributed by atoms with E-state index >= 15 is 0 Å². The second-order valence-electron chi connectivity index (χ2n) is 7.10. The number of carbonyl (C=O) groups is 2. The molecule has 1 atom stereocenters. The molecule has 7 nitrogen and oxygen atoms in total. The zero-order chi connectivity index (χ0) is 19.4. The van der Waals surface area contributed by atoms with Gasteiger partial charge in [-0.2, -0.15) is 0 Å². The van der Waals surface area contributed by atoms with Crippen LogP contribution in [0.3, 0.4) is 0 Å². The molecule has 0 aliphatic carbocycles. The summed E-state index contributed by atoms with van der Waals surface area (Å²) in [7, 11) is 1.49. The molecule has 1 amide bonds. The van der Waals surface area contributed by atoms with Gasteiger partial charge in [0, 0.05) is 13.5 Å². The van der Waals surface area contributed by atoms with Crippen LogP contribution in [0.15, 0.2) is 24.3 Å². The Morgan fingerprint density at radius 2 is 1.96 bits per heavy atom. The van der Waals surface area contributed by atoms with E-state index in [4.69, 9.17) is 18.9 Å². The van der Waals surface area contributed by atoms with E-state index in [0.717, 1.165) is 23.3 Å². The van der Waals surface area contributed by atoms with Crippen molar-refractivity contribution in [3.63, 3.8) is 0 Å². The van der Waals surface area contributed by atoms with Crippen LogP contribution in [0.1, 0.15) is 40.0 Å². The molecule has 0 spiro atoms. The zero-order valence-electron chi connectivity index (χ0n) is 15.6. The van der Waals surface area contributed by atoms with Crippen molar-refractivity contribution in [3.8, 4) is 23.0 Å². The molecule has 0 bridgehead atoms. The third kappa shape index (κ3) is 2.42. The zero-order valence-corrected chi connectivity index (χ0v) is 15.6. The van der Waals surface area contributed by atoms with Crippen molar-refractivity contribution in [2.75, 3.05) is 20.4 Å². The summed E-state index contributed by atoms with van der Waals surface area (Å²) in [4.78, 5) is 26.8. The lowest BCUT2D eigenvalue weighted by atomic mass is 9.83. The molecule has 0 N–H and O–H groups in total. The fourth-order valence-electron chi connectivity index (χ4n) is 4.32. The minimum atomic E-state index is -0.488. The number of fused-ring (bicyclic) bond motifs is 5. The lowest BCUT2D eigenvalue weighted by Crippen LogP contribution is -2.44. The molecular formula is C21H19NO6. The van der Waals surface area contributed by atoms with Gasteiger partial charge in [-0.15, -0.1) is 0 Å². The molecule has 5 rings (SSSR count). The van der Waals surface area contributed by atoms with E-state index in [1.807, 2.05) is 23.1 Å². The van der Waals surface area contributed by atoms with E-state index < -0.39 is 5.97 Å². The highest BCUT2D eigenvalue weighted by molar-refractivity contribution is 6.01. The summed E-state index contributed by atoms with van der Waals surface area (Å²) in [6, 6.07) is 7.54. The molecule has 0 fully saturated rings. The maximum atomic E-state index is 13.4. The van der Waals surface area contributed by atoms with Gasteiger partial charge in [0.05, 0.1) is 18.7 Å². The molecule has 7 heteroatoms. The SMILES string of the molecule is COc1ccc2c(c1OC(C)=O)C(=O)N1CCc3cc4c(cc3[C@@H]1C2)OCO4. The average Bonchev–Trinajstić information content (AvgIpc) is 3.13. The van der Waals surface area contributed by atoms with Crippen LogP contribution in [0.25, 0.3) is 0 Å². The highest BCUT2D eigenvalue weighted by Gasteiger charge is 2.40. The topological polar surface area (TPSA) is 74.3 Å². The van der Waals surface area contributed by atoms with Gasteiger partial charge in [0.2, 0.25) is 6.79 Å². The Balaban J connectivity index is 1.62. The fourth-order valence-corrected chi connectivity index (χ4v) is 4.32. The quantitative estimate of drug-likeness (QED) is 0.588. The number of benzene rings is 2. The van der Waals surface area contributed by atoms with Crippen molar-refractivity contribution in [1.29, 1.82) is 0 Å². The van der Waals surface area contributed by atoms with Gasteiger partial charge in [0.25, 0.3) is 5.91 Å². The number of esters is 1. The first kappa shape index (κ1) is 16.9. The number of ether oxygens (including phenoxy) is 4. The van der Waals surface area contributed by atoms with Crippen molar-refractivity contribution in [1.82, 2.24) is 4.90 Å². The van der Waals surface area contributed by atoms with Crippen LogP contribution in [-0.4, -0.2) is 37.2 Å². The largest absolute Gasteiger partial charge is 0.493 e. The van der Waals surface area contributed by atoms with E-state index in [9.17, 15) is 9.59 Å². The Kier molecular flexibility index (Phi) is 3.72. The van der Waals surface area contributed by atoms with E-state index in [1.54, 1.807) is 6.07 Å². The van der Waals surface area contributed by atoms with Gasteiger partial charge in [-0.3, -0.25) is 9.59 Å². The maximum Gasteiger partial charge on any atom is 0.308 e. The van der Waals surface area contributed by atoms with Crippen LogP contribution in [0.2, 0.25) is 0 Å². The van der Waals surface area contributed by atoms with Crippen LogP contribution in [0.5, 0.6) is 23.0 Å². The summed E-state index contributed by atoms with van der Waals surface area (Å²) in [5.74, 6) is 1.42. The molecule has 2 aromatic rings. The first-order valence-corrected chi connectivity index (χ1v) is 9.18. The molecule has 0 aromatic heterocycles. The maximum absolute atomic E-state index is 13.4. The Morgan fingerprint density at radius 3 is 2.71 bits per heavy atom. The second kappa shape index (κ2) is 6.15. The number of hydrogen-bond donors (Lipinski definition) is 0. The Bertz CT molecular complexity index is 1010. The number of carbonyl (C=O) groups excluding carboxylic acids is 2. The fraction of sp³-hybridized carbons (Fsp3) is 0.333. The van der Waals surface area contributed by atoms with Crippen molar-refractivity contribution in [2.24, 2.45) is 0 Å². The average molecular weight is 381 g/mol. The van der Waals surface area contributed by atoms with Gasteiger partial charge in [-0.1, -0.05) is 6.07 Å². The normalized spacial score (nSPS) is 18.9. The summed E-state index contributed by atoms with van der Waals surface area (Å²) in [5, 5.41) is 0. The number of nitrogens with zero attached hydrogens (tertiary/aromatic N) is 1. The Morgan fingerprint density at radius 1 is 1.18 bits per heavy atom. The van der Waals surface area contributed by atoms with E-state index in [0.29, 0.717) is 30.0 Å². The number of methoxy groups -OCH3 is 1. The highest BCUT2D eigenvalue weighted by atomic mass is 16.7. The van der Waals surface area contributed by atoms with Crippen molar-refractivity contribution >= 4 is 11.9 Å². The van der Waals surface area contributed by atoms with Crippen LogP contribution < -0.4 is 18.9 Å². The number of amides is 1. The van der Waals surface area contributed by atoms with Gasteiger partial charge in [-0.25, -0.2) is 0 Å². The molecule has 3 heterocycles. The molecule has 0 radical (unpaired) electrons. The van der Waals surface area contributed by atoms with Crippen molar-refractivity contribution in [2.45, 2.75) is 25.8 Å². The molecule has 28 heavy (non-hydrogen) atoms. The second-order valence-corrected chi connectivity index (χ2v) is 7.10. The van der Waals surface area contributed by atoms with Gasteiger partial charge >= 0.3 is 5.97 Å². The number of rotatable bonds is 2. The van der Waals surface area contributed by atoms with Crippen molar-refractivity contribution in [3.05, 3.63) is 46.5 Å². The summed E-state index contributed by atoms with van der Waals surface area (Å²) < 4.78 is 21.7. The molecule has 144 valence electrons. The van der Waals surface area contributed by atoms with Gasteiger partial charge in [0.1, 0.15) is 0 Å². The summed E-state index contributed by atoms with van der Waals surface area (Å²) in [6.45, 7) is 2.13. The Hall–Kier alpha value is -3.22. The van der Waals surface area contributed by atoms with Crippen LogP contribution in [0, 0.1) is 0 Å². The minimum Gasteiger partial charge on any atom is -0.493 e. The molecule has 0 unspecified atom stereocenters. The first-order valence-electron chi connectivity index (χ1n) is 9.18. The first-order chi connectivity index (χ1) is 13.6. The van der Waals surface area contributed by atoms with Gasteiger partial charge in [-0.05, 0) is 47.7 Å². The van der Waals surface area contributed by atoms with Crippen molar-refractivity contribution < 1.29 is 28.5 Å². The summed E-state index contributed by atoms with van der Waals surface area (Å²) >= 11 is 0. The lowest BCUT2D eigenvalue weighted by molar-refractivity contribution is -0.132. The third-order valence-corrected chi connectivity index (χ3v) is 5.55. The minimum absolute atomic E-state index is 0.0863. The highest BCUT2D eigenvalue weighted by Crippen LogP contribution is 2.46. The van der Waals surface area contributed by atoms with Crippen LogP contribution in [0.4, 0.5) is 0 Å². The molecule has 2 aromatic carbocycles. The Labute approximate surface area is 161 Å². The van der Waals surface area contributed by atoms with E-state index in [1.165, 1.54) is 19.6 Å². The van der Waals surface area contributed by atoms with E-state index in [2.05, 4.69) is 0 Å². The van der Waals surface area contributed by atoms with Gasteiger partial charge in [0.15, 0.2) is 23.0 Å². The van der Waals surface area contributed by atoms with Crippen LogP contribution in [-0.2, 0) is 17.6 Å². The standard InChI is InChI=1S/C21H19NO6/c1-11(23)28-20-16(25-2)4-3-13-7-15-14-9-18-17(26-10-27-18)8-12(14)5-6-22(15)21(24)19(13)20/h3-4,8-9,15H,5-7,10H2,1-2H3/t15-/m0/s1. The predicted molar refractivity (Wildman–Crippen MR) is 98.1 cm³/mol.